The lowest BCUT2D eigenvalue weighted by Gasteiger charge is -2.17. The molecule has 0 spiro atoms. The first kappa shape index (κ1) is 32.3. The number of para-hydroxylation sites is 3. The van der Waals surface area contributed by atoms with Crippen LogP contribution in [0.25, 0.3) is 77.2 Å². The second-order valence-electron chi connectivity index (χ2n) is 13.1. The zero-order valence-electron chi connectivity index (χ0n) is 28.2. The Bertz CT molecular complexity index is 3060. The molecule has 0 saturated heterocycles. The van der Waals surface area contributed by atoms with E-state index in [1.54, 1.807) is 30.3 Å². The number of rotatable bonds is 4. The van der Waals surface area contributed by atoms with Crippen molar-refractivity contribution >= 4 is 43.6 Å². The van der Waals surface area contributed by atoms with Gasteiger partial charge in [0, 0.05) is 32.7 Å². The summed E-state index contributed by atoms with van der Waals surface area (Å²) in [4.78, 5) is 0. The lowest BCUT2D eigenvalue weighted by Crippen LogP contribution is -2.07. The predicted molar refractivity (Wildman–Crippen MR) is 205 cm³/mol. The van der Waals surface area contributed by atoms with Crippen molar-refractivity contribution in [1.82, 2.24) is 9.13 Å². The third-order valence-electron chi connectivity index (χ3n) is 10.00. The average molecular weight is 704 g/mol. The Kier molecular flexibility index (Phi) is 7.34. The molecule has 0 aliphatic heterocycles. The number of nitrogens with zero attached hydrogens (tertiary/aromatic N) is 5. The summed E-state index contributed by atoms with van der Waals surface area (Å²) in [7, 11) is 0. The van der Waals surface area contributed by atoms with Gasteiger partial charge in [0.2, 0.25) is 0 Å². The van der Waals surface area contributed by atoms with Gasteiger partial charge in [0.1, 0.15) is 0 Å². The molecule has 0 atom stereocenters. The summed E-state index contributed by atoms with van der Waals surface area (Å²) in [6, 6.07) is 49.8. The highest BCUT2D eigenvalue weighted by atomic mass is 19.4. The van der Waals surface area contributed by atoms with Crippen molar-refractivity contribution in [3.63, 3.8) is 0 Å². The summed E-state index contributed by atoms with van der Waals surface area (Å²) in [6.07, 6.45) is -4.56. The van der Waals surface area contributed by atoms with Crippen LogP contribution in [0.4, 0.5) is 13.2 Å². The fourth-order valence-corrected chi connectivity index (χ4v) is 7.66. The van der Waals surface area contributed by atoms with Gasteiger partial charge in [-0.05, 0) is 96.1 Å². The van der Waals surface area contributed by atoms with Gasteiger partial charge in [-0.15, -0.1) is 0 Å². The third-order valence-corrected chi connectivity index (χ3v) is 10.00. The molecule has 0 fully saturated rings. The molecule has 0 bridgehead atoms. The molecule has 9 rings (SSSR count). The highest BCUT2D eigenvalue weighted by Crippen LogP contribution is 2.43. The van der Waals surface area contributed by atoms with Crippen molar-refractivity contribution in [1.29, 1.82) is 15.8 Å². The van der Waals surface area contributed by atoms with Crippen molar-refractivity contribution < 1.29 is 13.2 Å². The fraction of sp³-hybridized carbons (Fsp3) is 0.0217. The van der Waals surface area contributed by atoms with Gasteiger partial charge in [-0.2, -0.15) is 29.0 Å². The van der Waals surface area contributed by atoms with E-state index in [4.69, 9.17) is 0 Å². The fourth-order valence-electron chi connectivity index (χ4n) is 7.66. The van der Waals surface area contributed by atoms with Crippen LogP contribution in [-0.2, 0) is 6.18 Å². The molecule has 0 amide bonds. The Balaban J connectivity index is 1.33. The van der Waals surface area contributed by atoms with E-state index in [1.165, 1.54) is 12.1 Å². The van der Waals surface area contributed by atoms with Gasteiger partial charge in [-0.3, -0.25) is 0 Å². The van der Waals surface area contributed by atoms with Crippen LogP contribution < -0.4 is 0 Å². The smallest absolute Gasteiger partial charge is 0.309 e. The van der Waals surface area contributed by atoms with Crippen LogP contribution in [0.15, 0.2) is 146 Å². The summed E-state index contributed by atoms with van der Waals surface area (Å²) in [6.45, 7) is 0. The molecule has 2 aromatic heterocycles. The number of benzene rings is 7. The maximum absolute atomic E-state index is 14.4. The number of alkyl halides is 3. The summed E-state index contributed by atoms with van der Waals surface area (Å²) in [5.41, 5.74) is 7.24. The molecule has 0 aliphatic carbocycles. The second kappa shape index (κ2) is 12.3. The largest absolute Gasteiger partial charge is 0.416 e. The van der Waals surface area contributed by atoms with Crippen LogP contribution in [0.1, 0.15) is 22.3 Å². The second-order valence-corrected chi connectivity index (χ2v) is 13.1. The van der Waals surface area contributed by atoms with Crippen molar-refractivity contribution in [3.05, 3.63) is 168 Å². The average Bonchev–Trinajstić information content (AvgIpc) is 3.72. The molecule has 0 aliphatic rings. The van der Waals surface area contributed by atoms with Crippen molar-refractivity contribution in [2.24, 2.45) is 0 Å². The summed E-state index contributed by atoms with van der Waals surface area (Å²) < 4.78 is 47.2. The molecule has 5 nitrogen and oxygen atoms in total. The normalized spacial score (nSPS) is 11.6. The molecule has 0 saturated carbocycles. The topological polar surface area (TPSA) is 81.2 Å². The quantitative estimate of drug-likeness (QED) is 0.183. The van der Waals surface area contributed by atoms with E-state index < -0.39 is 11.7 Å². The number of hydrogen-bond acceptors (Lipinski definition) is 3. The zero-order valence-corrected chi connectivity index (χ0v) is 28.2. The van der Waals surface area contributed by atoms with E-state index in [0.29, 0.717) is 50.3 Å². The monoisotopic (exact) mass is 703 g/mol. The SMILES string of the molecule is N#Cc1cc(C#N)cc(-c2cc(C#N)ccc2-n2c3ccccc3c3cc(-c4cc(C(F)(F)F)ccc4-n4c5ccccc5c5ccccc54)ccc32)c1. The molecule has 254 valence electrons. The first-order chi connectivity index (χ1) is 26.3. The van der Waals surface area contributed by atoms with Crippen molar-refractivity contribution in [2.75, 3.05) is 0 Å². The van der Waals surface area contributed by atoms with E-state index in [2.05, 4.69) is 22.8 Å². The molecular weight excluding hydrogens is 680 g/mol. The Hall–Kier alpha value is -7.60. The van der Waals surface area contributed by atoms with Gasteiger partial charge in [-0.25, -0.2) is 0 Å². The summed E-state index contributed by atoms with van der Waals surface area (Å²) >= 11 is 0. The highest BCUT2D eigenvalue weighted by molar-refractivity contribution is 6.12. The first-order valence-electron chi connectivity index (χ1n) is 17.0. The molecular formula is C46H24F3N5. The van der Waals surface area contributed by atoms with Crippen molar-refractivity contribution in [2.45, 2.75) is 6.18 Å². The number of aromatic nitrogens is 2. The number of halogens is 3. The van der Waals surface area contributed by atoms with E-state index in [9.17, 15) is 29.0 Å². The molecule has 54 heavy (non-hydrogen) atoms. The van der Waals surface area contributed by atoms with Crippen LogP contribution >= 0.6 is 0 Å². The summed E-state index contributed by atoms with van der Waals surface area (Å²) in [5, 5.41) is 33.0. The number of hydrogen-bond donors (Lipinski definition) is 0. The molecule has 0 radical (unpaired) electrons. The zero-order chi connectivity index (χ0) is 37.1. The molecule has 9 aromatic rings. The molecule has 0 N–H and O–H groups in total. The van der Waals surface area contributed by atoms with Crippen LogP contribution in [0.5, 0.6) is 0 Å². The maximum atomic E-state index is 14.4. The Morgan fingerprint density at radius 2 is 0.889 bits per heavy atom. The lowest BCUT2D eigenvalue weighted by atomic mass is 9.97. The Morgan fingerprint density at radius 1 is 0.407 bits per heavy atom. The van der Waals surface area contributed by atoms with Gasteiger partial charge >= 0.3 is 6.18 Å². The van der Waals surface area contributed by atoms with Gasteiger partial charge in [-0.1, -0.05) is 60.7 Å². The Labute approximate surface area is 306 Å². The minimum absolute atomic E-state index is 0.310. The summed E-state index contributed by atoms with van der Waals surface area (Å²) in [5.74, 6) is 0. The molecule has 8 heteroatoms. The Morgan fingerprint density at radius 3 is 1.43 bits per heavy atom. The maximum Gasteiger partial charge on any atom is 0.416 e. The van der Waals surface area contributed by atoms with Crippen molar-refractivity contribution in [3.8, 4) is 51.8 Å². The van der Waals surface area contributed by atoms with Crippen LogP contribution in [0.3, 0.4) is 0 Å². The van der Waals surface area contributed by atoms with Crippen LogP contribution in [0, 0.1) is 34.0 Å². The molecule has 7 aromatic carbocycles. The highest BCUT2D eigenvalue weighted by Gasteiger charge is 2.32. The van der Waals surface area contributed by atoms with Gasteiger partial charge in [0.25, 0.3) is 0 Å². The van der Waals surface area contributed by atoms with Gasteiger partial charge in [0.15, 0.2) is 0 Å². The minimum atomic E-state index is -4.56. The van der Waals surface area contributed by atoms with Crippen LogP contribution in [-0.4, -0.2) is 9.13 Å². The van der Waals surface area contributed by atoms with E-state index in [-0.39, 0.29) is 0 Å². The van der Waals surface area contributed by atoms with Crippen LogP contribution in [0.2, 0.25) is 0 Å². The number of nitriles is 3. The van der Waals surface area contributed by atoms with E-state index in [0.717, 1.165) is 49.7 Å². The molecule has 2 heterocycles. The van der Waals surface area contributed by atoms with Gasteiger partial charge < -0.3 is 9.13 Å². The van der Waals surface area contributed by atoms with E-state index in [1.807, 2.05) is 102 Å². The first-order valence-corrected chi connectivity index (χ1v) is 17.0. The van der Waals surface area contributed by atoms with Gasteiger partial charge in [0.05, 0.1) is 73.9 Å². The number of fused-ring (bicyclic) bond motifs is 6. The minimum Gasteiger partial charge on any atom is -0.309 e. The van der Waals surface area contributed by atoms with E-state index >= 15 is 0 Å². The standard InChI is InChI=1S/C46H24F3N5/c47-46(48,49)33-15-18-44(53-40-10-4-1-7-34(40)35-8-2-5-11-41(35)53)38(24-33)31-14-17-45-39(23-31)36-9-3-6-12-42(36)54(45)43-16-13-28(25-50)22-37(43)32-20-29(26-51)19-30(21-32)27-52/h1-24H. The predicted octanol–water partition coefficient (Wildman–Crippen LogP) is 11.8. The molecule has 0 unspecified atom stereocenters. The lowest BCUT2D eigenvalue weighted by molar-refractivity contribution is -0.137. The third kappa shape index (κ3) is 5.07.